The molecular formula is C11H15N3O. The van der Waals surface area contributed by atoms with Crippen molar-refractivity contribution in [3.05, 3.63) is 29.8 Å². The van der Waals surface area contributed by atoms with Crippen LogP contribution in [-0.2, 0) is 6.54 Å². The molecule has 1 aliphatic rings. The van der Waals surface area contributed by atoms with Gasteiger partial charge < -0.3 is 15.4 Å². The lowest BCUT2D eigenvalue weighted by Gasteiger charge is -2.07. The fourth-order valence-corrected chi connectivity index (χ4v) is 1.48. The van der Waals surface area contributed by atoms with Crippen LogP contribution in [0.4, 0.5) is 0 Å². The lowest BCUT2D eigenvalue weighted by Crippen LogP contribution is -2.33. The third-order valence-corrected chi connectivity index (χ3v) is 2.27. The smallest absolute Gasteiger partial charge is 0.191 e. The molecule has 1 aromatic carbocycles. The van der Waals surface area contributed by atoms with Crippen LogP contribution in [0.3, 0.4) is 0 Å². The maximum Gasteiger partial charge on any atom is 0.191 e. The number of benzene rings is 1. The first-order valence-electron chi connectivity index (χ1n) is 5.03. The molecule has 15 heavy (non-hydrogen) atoms. The maximum atomic E-state index is 5.15. The second-order valence-corrected chi connectivity index (χ2v) is 3.36. The molecular weight excluding hydrogens is 190 g/mol. The van der Waals surface area contributed by atoms with Crippen molar-refractivity contribution < 1.29 is 4.74 Å². The topological polar surface area (TPSA) is 45.6 Å². The van der Waals surface area contributed by atoms with E-state index >= 15 is 0 Å². The number of hydrogen-bond donors (Lipinski definition) is 2. The molecule has 0 aromatic heterocycles. The molecule has 0 fully saturated rings. The van der Waals surface area contributed by atoms with Gasteiger partial charge in [0.25, 0.3) is 0 Å². The quantitative estimate of drug-likeness (QED) is 0.765. The molecule has 0 spiro atoms. The Balaban J connectivity index is 1.92. The van der Waals surface area contributed by atoms with Crippen LogP contribution < -0.4 is 15.4 Å². The van der Waals surface area contributed by atoms with Gasteiger partial charge in [0, 0.05) is 13.1 Å². The average molecular weight is 205 g/mol. The Kier molecular flexibility index (Phi) is 3.07. The zero-order valence-corrected chi connectivity index (χ0v) is 8.79. The predicted octanol–water partition coefficient (Wildman–Crippen LogP) is 0.744. The van der Waals surface area contributed by atoms with Crippen LogP contribution in [0.2, 0.25) is 0 Å². The van der Waals surface area contributed by atoms with Gasteiger partial charge in [-0.05, 0) is 17.7 Å². The molecule has 0 bridgehead atoms. The Morgan fingerprint density at radius 3 is 3.20 bits per heavy atom. The molecule has 0 aliphatic carbocycles. The maximum absolute atomic E-state index is 5.15. The van der Waals surface area contributed by atoms with Crippen molar-refractivity contribution in [1.29, 1.82) is 0 Å². The number of ether oxygens (including phenoxy) is 1. The molecule has 0 saturated heterocycles. The number of guanidine groups is 1. The predicted molar refractivity (Wildman–Crippen MR) is 60.1 cm³/mol. The first-order chi connectivity index (χ1) is 7.38. The van der Waals surface area contributed by atoms with Crippen LogP contribution in [0.1, 0.15) is 5.56 Å². The van der Waals surface area contributed by atoms with E-state index in [9.17, 15) is 0 Å². The van der Waals surface area contributed by atoms with E-state index in [1.54, 1.807) is 7.11 Å². The van der Waals surface area contributed by atoms with Gasteiger partial charge in [0.2, 0.25) is 0 Å². The highest BCUT2D eigenvalue weighted by atomic mass is 16.5. The molecule has 0 saturated carbocycles. The SMILES string of the molecule is COc1cccc(CNC2=NCCN2)c1. The van der Waals surface area contributed by atoms with Crippen molar-refractivity contribution in [1.82, 2.24) is 10.6 Å². The van der Waals surface area contributed by atoms with E-state index in [4.69, 9.17) is 4.74 Å². The molecule has 2 N–H and O–H groups in total. The van der Waals surface area contributed by atoms with E-state index in [2.05, 4.69) is 21.7 Å². The number of rotatable bonds is 3. The minimum absolute atomic E-state index is 0.767. The molecule has 0 unspecified atom stereocenters. The molecule has 80 valence electrons. The first-order valence-corrected chi connectivity index (χ1v) is 5.03. The highest BCUT2D eigenvalue weighted by Crippen LogP contribution is 2.11. The Morgan fingerprint density at radius 1 is 1.53 bits per heavy atom. The van der Waals surface area contributed by atoms with Crippen molar-refractivity contribution in [2.24, 2.45) is 4.99 Å². The fraction of sp³-hybridized carbons (Fsp3) is 0.364. The highest BCUT2D eigenvalue weighted by molar-refractivity contribution is 5.81. The van der Waals surface area contributed by atoms with Crippen LogP contribution in [0.15, 0.2) is 29.3 Å². The molecule has 1 aliphatic heterocycles. The molecule has 1 heterocycles. The number of methoxy groups -OCH3 is 1. The highest BCUT2D eigenvalue weighted by Gasteiger charge is 2.03. The zero-order valence-electron chi connectivity index (χ0n) is 8.79. The summed E-state index contributed by atoms with van der Waals surface area (Å²) < 4.78 is 5.15. The standard InChI is InChI=1S/C11H15N3O/c1-15-10-4-2-3-9(7-10)8-14-11-12-5-6-13-11/h2-4,7H,5-6,8H2,1H3,(H2,12,13,14). The van der Waals surface area contributed by atoms with E-state index in [1.165, 1.54) is 5.56 Å². The lowest BCUT2D eigenvalue weighted by molar-refractivity contribution is 0.414. The molecule has 4 nitrogen and oxygen atoms in total. The Bertz CT molecular complexity index is 363. The number of nitrogens with zero attached hydrogens (tertiary/aromatic N) is 1. The van der Waals surface area contributed by atoms with Gasteiger partial charge in [-0.25, -0.2) is 0 Å². The third-order valence-electron chi connectivity index (χ3n) is 2.27. The van der Waals surface area contributed by atoms with Crippen LogP contribution in [0, 0.1) is 0 Å². The van der Waals surface area contributed by atoms with Gasteiger partial charge in [-0.1, -0.05) is 12.1 Å². The lowest BCUT2D eigenvalue weighted by atomic mass is 10.2. The van der Waals surface area contributed by atoms with Crippen molar-refractivity contribution in [3.8, 4) is 5.75 Å². The van der Waals surface area contributed by atoms with Crippen molar-refractivity contribution in [3.63, 3.8) is 0 Å². The summed E-state index contributed by atoms with van der Waals surface area (Å²) in [5.74, 6) is 1.77. The van der Waals surface area contributed by atoms with Crippen molar-refractivity contribution in [2.45, 2.75) is 6.54 Å². The third kappa shape index (κ3) is 2.62. The molecule has 2 rings (SSSR count). The van der Waals surface area contributed by atoms with E-state index in [0.717, 1.165) is 31.3 Å². The average Bonchev–Trinajstić information content (AvgIpc) is 2.79. The fourth-order valence-electron chi connectivity index (χ4n) is 1.48. The second-order valence-electron chi connectivity index (χ2n) is 3.36. The monoisotopic (exact) mass is 205 g/mol. The largest absolute Gasteiger partial charge is 0.497 e. The van der Waals surface area contributed by atoms with Gasteiger partial charge in [-0.2, -0.15) is 0 Å². The van der Waals surface area contributed by atoms with E-state index in [1.807, 2.05) is 18.2 Å². The van der Waals surface area contributed by atoms with Crippen molar-refractivity contribution >= 4 is 5.96 Å². The van der Waals surface area contributed by atoms with Gasteiger partial charge in [0.05, 0.1) is 13.7 Å². The zero-order chi connectivity index (χ0) is 10.5. The first kappa shape index (κ1) is 9.83. The summed E-state index contributed by atoms with van der Waals surface area (Å²) in [7, 11) is 1.68. The van der Waals surface area contributed by atoms with Crippen molar-refractivity contribution in [2.75, 3.05) is 20.2 Å². The van der Waals surface area contributed by atoms with Crippen LogP contribution >= 0.6 is 0 Å². The van der Waals surface area contributed by atoms with Crippen LogP contribution in [0.5, 0.6) is 5.75 Å². The van der Waals surface area contributed by atoms with Gasteiger partial charge in [-0.3, -0.25) is 4.99 Å². The minimum Gasteiger partial charge on any atom is -0.497 e. The number of hydrogen-bond acceptors (Lipinski definition) is 4. The minimum atomic E-state index is 0.767. The normalized spacial score (nSPS) is 14.3. The summed E-state index contributed by atoms with van der Waals surface area (Å²) >= 11 is 0. The number of aliphatic imine (C=N–C) groups is 1. The summed E-state index contributed by atoms with van der Waals surface area (Å²) in [5.41, 5.74) is 1.19. The van der Waals surface area contributed by atoms with Gasteiger partial charge in [-0.15, -0.1) is 0 Å². The van der Waals surface area contributed by atoms with E-state index in [-0.39, 0.29) is 0 Å². The summed E-state index contributed by atoms with van der Waals surface area (Å²) in [6.45, 7) is 2.56. The van der Waals surface area contributed by atoms with Gasteiger partial charge in [0.15, 0.2) is 5.96 Å². The summed E-state index contributed by atoms with van der Waals surface area (Å²) in [4.78, 5) is 4.26. The summed E-state index contributed by atoms with van der Waals surface area (Å²) in [6, 6.07) is 8.00. The molecule has 0 atom stereocenters. The molecule has 4 heteroatoms. The molecule has 0 amide bonds. The number of nitrogens with one attached hydrogen (secondary N) is 2. The Hall–Kier alpha value is -1.71. The second kappa shape index (κ2) is 4.68. The summed E-state index contributed by atoms with van der Waals surface area (Å²) in [6.07, 6.45) is 0. The summed E-state index contributed by atoms with van der Waals surface area (Å²) in [5, 5.41) is 6.40. The van der Waals surface area contributed by atoms with Gasteiger partial charge in [0.1, 0.15) is 5.75 Å². The Morgan fingerprint density at radius 2 is 2.47 bits per heavy atom. The molecule has 0 radical (unpaired) electrons. The van der Waals surface area contributed by atoms with E-state index in [0.29, 0.717) is 0 Å². The van der Waals surface area contributed by atoms with Crippen LogP contribution in [-0.4, -0.2) is 26.2 Å². The van der Waals surface area contributed by atoms with Crippen LogP contribution in [0.25, 0.3) is 0 Å². The Labute approximate surface area is 89.4 Å². The van der Waals surface area contributed by atoms with Gasteiger partial charge >= 0.3 is 0 Å². The molecule has 1 aromatic rings. The van der Waals surface area contributed by atoms with E-state index < -0.39 is 0 Å².